The summed E-state index contributed by atoms with van der Waals surface area (Å²) in [5.74, 6) is 0.384. The van der Waals surface area contributed by atoms with Gasteiger partial charge in [-0.25, -0.2) is 4.98 Å². The maximum Gasteiger partial charge on any atom is 0.274 e. The van der Waals surface area contributed by atoms with Crippen LogP contribution in [0.15, 0.2) is 30.5 Å². The van der Waals surface area contributed by atoms with Crippen molar-refractivity contribution in [1.29, 1.82) is 0 Å². The van der Waals surface area contributed by atoms with Crippen LogP contribution in [-0.4, -0.2) is 47.6 Å². The molecule has 2 aromatic rings. The Morgan fingerprint density at radius 1 is 1.38 bits per heavy atom. The highest BCUT2D eigenvalue weighted by molar-refractivity contribution is 5.93. The van der Waals surface area contributed by atoms with Crippen LogP contribution in [0.4, 0.5) is 0 Å². The van der Waals surface area contributed by atoms with Crippen LogP contribution in [0.1, 0.15) is 23.3 Å². The fraction of sp³-hybridized carbons (Fsp3) is 0.438. The van der Waals surface area contributed by atoms with Crippen molar-refractivity contribution < 1.29 is 9.53 Å². The van der Waals surface area contributed by atoms with Gasteiger partial charge in [0, 0.05) is 20.2 Å². The average Bonchev–Trinajstić information content (AvgIpc) is 2.54. The second-order valence-corrected chi connectivity index (χ2v) is 5.46. The van der Waals surface area contributed by atoms with Crippen LogP contribution in [0.3, 0.4) is 0 Å². The third-order valence-electron chi connectivity index (χ3n) is 3.88. The van der Waals surface area contributed by atoms with E-state index < -0.39 is 0 Å². The molecular weight excluding hydrogens is 266 g/mol. The maximum absolute atomic E-state index is 12.6. The molecule has 0 spiro atoms. The number of nitrogens with zero attached hydrogens (tertiary/aromatic N) is 3. The molecule has 0 N–H and O–H groups in total. The van der Waals surface area contributed by atoms with E-state index in [1.165, 1.54) is 0 Å². The number of hydrogen-bond donors (Lipinski definition) is 0. The van der Waals surface area contributed by atoms with E-state index >= 15 is 0 Å². The van der Waals surface area contributed by atoms with E-state index in [9.17, 15) is 4.79 Å². The first-order chi connectivity index (χ1) is 10.3. The summed E-state index contributed by atoms with van der Waals surface area (Å²) in [6, 6.07) is 7.59. The number of carbonyl (C=O) groups is 1. The second kappa shape index (κ2) is 6.18. The molecule has 1 fully saturated rings. The van der Waals surface area contributed by atoms with E-state index in [0.29, 0.717) is 18.2 Å². The maximum atomic E-state index is 12.6. The van der Waals surface area contributed by atoms with Crippen LogP contribution in [-0.2, 0) is 4.74 Å². The normalized spacial score (nSPS) is 18.9. The topological polar surface area (TPSA) is 55.3 Å². The van der Waals surface area contributed by atoms with Crippen molar-refractivity contribution in [3.63, 3.8) is 0 Å². The zero-order valence-corrected chi connectivity index (χ0v) is 12.2. The quantitative estimate of drug-likeness (QED) is 0.867. The van der Waals surface area contributed by atoms with Crippen LogP contribution >= 0.6 is 0 Å². The van der Waals surface area contributed by atoms with E-state index in [1.807, 2.05) is 29.2 Å². The van der Waals surface area contributed by atoms with Crippen LogP contribution in [0.25, 0.3) is 11.0 Å². The Morgan fingerprint density at radius 3 is 3.00 bits per heavy atom. The van der Waals surface area contributed by atoms with Gasteiger partial charge in [-0.2, -0.15) is 0 Å². The molecule has 1 saturated heterocycles. The smallest absolute Gasteiger partial charge is 0.274 e. The molecule has 0 radical (unpaired) electrons. The Morgan fingerprint density at radius 2 is 2.19 bits per heavy atom. The molecule has 3 rings (SSSR count). The first-order valence-corrected chi connectivity index (χ1v) is 7.28. The standard InChI is InChI=1S/C16H19N3O2/c1-21-11-12-5-4-8-19(10-12)16(20)15-9-17-13-6-2-3-7-14(13)18-15/h2-3,6-7,9,12H,4-5,8,10-11H2,1H3. The molecule has 1 aliphatic rings. The molecule has 1 amide bonds. The van der Waals surface area contributed by atoms with Gasteiger partial charge in [0.05, 0.1) is 23.8 Å². The number of para-hydroxylation sites is 2. The molecule has 1 unspecified atom stereocenters. The van der Waals surface area contributed by atoms with Gasteiger partial charge < -0.3 is 9.64 Å². The SMILES string of the molecule is COCC1CCCN(C(=O)c2cnc3ccccc3n2)C1. The number of methoxy groups -OCH3 is 1. The number of hydrogen-bond acceptors (Lipinski definition) is 4. The summed E-state index contributed by atoms with van der Waals surface area (Å²) in [5.41, 5.74) is 1.99. The van der Waals surface area contributed by atoms with Crippen molar-refractivity contribution in [3.05, 3.63) is 36.2 Å². The van der Waals surface area contributed by atoms with Crippen molar-refractivity contribution >= 4 is 16.9 Å². The lowest BCUT2D eigenvalue weighted by molar-refractivity contribution is 0.0565. The molecule has 0 bridgehead atoms. The molecule has 1 aromatic carbocycles. The molecule has 1 atom stereocenters. The third kappa shape index (κ3) is 3.03. The number of ether oxygens (including phenoxy) is 1. The van der Waals surface area contributed by atoms with Crippen molar-refractivity contribution in [2.75, 3.05) is 26.8 Å². The van der Waals surface area contributed by atoms with Crippen LogP contribution in [0, 0.1) is 5.92 Å². The molecule has 2 heterocycles. The monoisotopic (exact) mass is 285 g/mol. The van der Waals surface area contributed by atoms with Crippen LogP contribution in [0.5, 0.6) is 0 Å². The Kier molecular flexibility index (Phi) is 4.10. The van der Waals surface area contributed by atoms with Crippen molar-refractivity contribution in [1.82, 2.24) is 14.9 Å². The fourth-order valence-corrected chi connectivity index (χ4v) is 2.84. The van der Waals surface area contributed by atoms with Gasteiger partial charge in [-0.05, 0) is 30.9 Å². The molecule has 1 aromatic heterocycles. The zero-order valence-electron chi connectivity index (χ0n) is 12.2. The molecule has 5 heteroatoms. The highest BCUT2D eigenvalue weighted by Crippen LogP contribution is 2.19. The number of fused-ring (bicyclic) bond motifs is 1. The van der Waals surface area contributed by atoms with Gasteiger partial charge in [0.15, 0.2) is 0 Å². The number of piperidine rings is 1. The highest BCUT2D eigenvalue weighted by atomic mass is 16.5. The number of aromatic nitrogens is 2. The predicted octanol–water partition coefficient (Wildman–Crippen LogP) is 2.13. The van der Waals surface area contributed by atoms with Crippen LogP contribution in [0.2, 0.25) is 0 Å². The first-order valence-electron chi connectivity index (χ1n) is 7.28. The summed E-state index contributed by atoms with van der Waals surface area (Å²) < 4.78 is 5.21. The molecule has 5 nitrogen and oxygen atoms in total. The molecule has 21 heavy (non-hydrogen) atoms. The summed E-state index contributed by atoms with van der Waals surface area (Å²) in [4.78, 5) is 23.2. The number of rotatable bonds is 3. The minimum Gasteiger partial charge on any atom is -0.384 e. The Bertz CT molecular complexity index is 642. The molecule has 0 saturated carbocycles. The lowest BCUT2D eigenvalue weighted by Crippen LogP contribution is -2.41. The average molecular weight is 285 g/mol. The summed E-state index contributed by atoms with van der Waals surface area (Å²) >= 11 is 0. The van der Waals surface area contributed by atoms with E-state index in [1.54, 1.807) is 13.3 Å². The Labute approximate surface area is 124 Å². The van der Waals surface area contributed by atoms with Crippen molar-refractivity contribution in [2.45, 2.75) is 12.8 Å². The number of amides is 1. The van der Waals surface area contributed by atoms with E-state index in [-0.39, 0.29) is 5.91 Å². The van der Waals surface area contributed by atoms with Gasteiger partial charge in [0.25, 0.3) is 5.91 Å². The number of likely N-dealkylation sites (tertiary alicyclic amines) is 1. The molecule has 110 valence electrons. The van der Waals surface area contributed by atoms with E-state index in [4.69, 9.17) is 4.74 Å². The minimum atomic E-state index is -0.0333. The number of carbonyl (C=O) groups excluding carboxylic acids is 1. The lowest BCUT2D eigenvalue weighted by Gasteiger charge is -2.32. The van der Waals surface area contributed by atoms with Crippen molar-refractivity contribution in [2.24, 2.45) is 5.92 Å². The highest BCUT2D eigenvalue weighted by Gasteiger charge is 2.25. The molecular formula is C16H19N3O2. The van der Waals surface area contributed by atoms with Gasteiger partial charge in [-0.15, -0.1) is 0 Å². The summed E-state index contributed by atoms with van der Waals surface area (Å²) in [7, 11) is 1.70. The number of benzene rings is 1. The molecule has 1 aliphatic heterocycles. The fourth-order valence-electron chi connectivity index (χ4n) is 2.84. The summed E-state index contributed by atoms with van der Waals surface area (Å²) in [6.07, 6.45) is 3.70. The van der Waals surface area contributed by atoms with E-state index in [0.717, 1.165) is 37.0 Å². The largest absolute Gasteiger partial charge is 0.384 e. The van der Waals surface area contributed by atoms with Crippen LogP contribution < -0.4 is 0 Å². The third-order valence-corrected chi connectivity index (χ3v) is 3.88. The summed E-state index contributed by atoms with van der Waals surface area (Å²) in [6.45, 7) is 2.22. The summed E-state index contributed by atoms with van der Waals surface area (Å²) in [5, 5.41) is 0. The van der Waals surface area contributed by atoms with Gasteiger partial charge in [-0.3, -0.25) is 9.78 Å². The van der Waals surface area contributed by atoms with Gasteiger partial charge in [-0.1, -0.05) is 12.1 Å². The Hall–Kier alpha value is -2.01. The minimum absolute atomic E-state index is 0.0333. The Balaban J connectivity index is 1.79. The first kappa shape index (κ1) is 13.9. The van der Waals surface area contributed by atoms with E-state index in [2.05, 4.69) is 9.97 Å². The van der Waals surface area contributed by atoms with Crippen molar-refractivity contribution in [3.8, 4) is 0 Å². The lowest BCUT2D eigenvalue weighted by atomic mass is 9.99. The van der Waals surface area contributed by atoms with Gasteiger partial charge in [0.1, 0.15) is 5.69 Å². The second-order valence-electron chi connectivity index (χ2n) is 5.46. The zero-order chi connectivity index (χ0) is 14.7. The predicted molar refractivity (Wildman–Crippen MR) is 80.0 cm³/mol. The van der Waals surface area contributed by atoms with Gasteiger partial charge >= 0.3 is 0 Å². The van der Waals surface area contributed by atoms with Gasteiger partial charge in [0.2, 0.25) is 0 Å². The molecule has 0 aliphatic carbocycles.